The summed E-state index contributed by atoms with van der Waals surface area (Å²) in [5.74, 6) is 2.57. The molecule has 1 heterocycles. The van der Waals surface area contributed by atoms with Crippen LogP contribution in [0.4, 0.5) is 0 Å². The number of amides is 1. The number of aromatic nitrogens is 2. The average Bonchev–Trinajstić information content (AvgIpc) is 3.20. The van der Waals surface area contributed by atoms with Crippen molar-refractivity contribution >= 4 is 29.3 Å². The van der Waals surface area contributed by atoms with Crippen molar-refractivity contribution in [2.24, 2.45) is 0 Å². The third kappa shape index (κ3) is 6.24. The van der Waals surface area contributed by atoms with Crippen molar-refractivity contribution in [3.05, 3.63) is 59.4 Å². The van der Waals surface area contributed by atoms with E-state index >= 15 is 0 Å². The Balaban J connectivity index is 1.44. The first-order chi connectivity index (χ1) is 14.0. The van der Waals surface area contributed by atoms with Crippen molar-refractivity contribution in [1.82, 2.24) is 15.0 Å². The zero-order valence-electron chi connectivity index (χ0n) is 16.3. The second kappa shape index (κ2) is 10.3. The number of nitrogens with zero attached hydrogens (tertiary/aromatic N) is 3. The molecule has 0 radical (unpaired) electrons. The molecule has 0 N–H and O–H groups in total. The molecule has 6 nitrogen and oxygen atoms in total. The summed E-state index contributed by atoms with van der Waals surface area (Å²) in [6.07, 6.45) is 1.26. The van der Waals surface area contributed by atoms with Crippen molar-refractivity contribution < 1.29 is 14.1 Å². The second-order valence-electron chi connectivity index (χ2n) is 6.40. The molecule has 0 saturated carbocycles. The SMILES string of the molecule is COc1ccc(-c2noc(CN(C)C(=O)CCCSc3ccc(Cl)cc3)n2)cc1. The zero-order chi connectivity index (χ0) is 20.6. The fourth-order valence-corrected chi connectivity index (χ4v) is 3.58. The minimum atomic E-state index is 0.0471. The molecule has 0 fully saturated rings. The zero-order valence-corrected chi connectivity index (χ0v) is 17.9. The van der Waals surface area contributed by atoms with E-state index in [4.69, 9.17) is 20.9 Å². The standard InChI is InChI=1S/C21H22ClN3O3S/c1-25(20(26)4-3-13-29-18-11-7-16(22)8-12-18)14-19-23-21(24-28-19)15-5-9-17(27-2)10-6-15/h5-12H,3-4,13-14H2,1-2H3. The Morgan fingerprint density at radius 3 is 2.59 bits per heavy atom. The lowest BCUT2D eigenvalue weighted by Gasteiger charge is -2.14. The van der Waals surface area contributed by atoms with Crippen molar-refractivity contribution in [2.45, 2.75) is 24.3 Å². The van der Waals surface area contributed by atoms with Gasteiger partial charge in [0.25, 0.3) is 0 Å². The lowest BCUT2D eigenvalue weighted by molar-refractivity contribution is -0.130. The third-order valence-corrected chi connectivity index (χ3v) is 5.58. The number of hydrogen-bond acceptors (Lipinski definition) is 6. The summed E-state index contributed by atoms with van der Waals surface area (Å²) in [4.78, 5) is 19.5. The Kier molecular flexibility index (Phi) is 7.55. The van der Waals surface area contributed by atoms with E-state index in [-0.39, 0.29) is 12.5 Å². The first-order valence-electron chi connectivity index (χ1n) is 9.14. The number of hydrogen-bond donors (Lipinski definition) is 0. The molecule has 2 aromatic carbocycles. The van der Waals surface area contributed by atoms with Crippen LogP contribution in [0.2, 0.25) is 5.02 Å². The molecule has 1 aromatic heterocycles. The fraction of sp³-hybridized carbons (Fsp3) is 0.286. The molecule has 3 aromatic rings. The highest BCUT2D eigenvalue weighted by Crippen LogP contribution is 2.22. The van der Waals surface area contributed by atoms with Gasteiger partial charge >= 0.3 is 0 Å². The predicted molar refractivity (Wildman–Crippen MR) is 114 cm³/mol. The summed E-state index contributed by atoms with van der Waals surface area (Å²) < 4.78 is 10.4. The average molecular weight is 432 g/mol. The maximum atomic E-state index is 12.3. The van der Waals surface area contributed by atoms with Gasteiger partial charge in [0.05, 0.1) is 13.7 Å². The lowest BCUT2D eigenvalue weighted by Crippen LogP contribution is -2.26. The first-order valence-corrected chi connectivity index (χ1v) is 10.5. The van der Waals surface area contributed by atoms with Crippen molar-refractivity contribution in [3.63, 3.8) is 0 Å². The predicted octanol–water partition coefficient (Wildman–Crippen LogP) is 4.93. The first kappa shape index (κ1) is 21.2. The van der Waals surface area contributed by atoms with Crippen molar-refractivity contribution in [3.8, 4) is 17.1 Å². The fourth-order valence-electron chi connectivity index (χ4n) is 2.60. The molecule has 0 unspecified atom stereocenters. The van der Waals surface area contributed by atoms with Gasteiger partial charge in [-0.15, -0.1) is 11.8 Å². The van der Waals surface area contributed by atoms with Crippen LogP contribution in [0.15, 0.2) is 57.9 Å². The van der Waals surface area contributed by atoms with Crippen molar-refractivity contribution in [2.75, 3.05) is 19.9 Å². The van der Waals surface area contributed by atoms with E-state index in [1.165, 1.54) is 0 Å². The Morgan fingerprint density at radius 2 is 1.90 bits per heavy atom. The van der Waals surface area contributed by atoms with Crippen LogP contribution in [-0.2, 0) is 11.3 Å². The highest BCUT2D eigenvalue weighted by Gasteiger charge is 2.14. The molecule has 0 aliphatic heterocycles. The Labute approximate surface area is 179 Å². The van der Waals surface area contributed by atoms with Crippen LogP contribution in [0, 0.1) is 0 Å². The maximum Gasteiger partial charge on any atom is 0.246 e. The highest BCUT2D eigenvalue weighted by molar-refractivity contribution is 7.99. The quantitative estimate of drug-likeness (QED) is 0.353. The number of thioether (sulfide) groups is 1. The molecule has 0 saturated heterocycles. The van der Waals surface area contributed by atoms with Crippen molar-refractivity contribution in [1.29, 1.82) is 0 Å². The summed E-state index contributed by atoms with van der Waals surface area (Å²) in [6, 6.07) is 15.1. The van der Waals surface area contributed by atoms with Gasteiger partial charge in [0.15, 0.2) is 0 Å². The van der Waals surface area contributed by atoms with Gasteiger partial charge in [-0.05, 0) is 60.7 Å². The molecular weight excluding hydrogens is 410 g/mol. The minimum Gasteiger partial charge on any atom is -0.497 e. The summed E-state index contributed by atoms with van der Waals surface area (Å²) >= 11 is 7.59. The molecule has 0 aliphatic carbocycles. The number of halogens is 1. The molecule has 0 aliphatic rings. The molecule has 3 rings (SSSR count). The van der Waals surface area contributed by atoms with Gasteiger partial charge in [-0.2, -0.15) is 4.98 Å². The van der Waals surface area contributed by atoms with Gasteiger partial charge < -0.3 is 14.2 Å². The van der Waals surface area contributed by atoms with E-state index in [2.05, 4.69) is 10.1 Å². The normalized spacial score (nSPS) is 10.7. The number of benzene rings is 2. The van der Waals surface area contributed by atoms with Gasteiger partial charge in [0.1, 0.15) is 5.75 Å². The number of carbonyl (C=O) groups excluding carboxylic acids is 1. The Hall–Kier alpha value is -2.51. The second-order valence-corrected chi connectivity index (χ2v) is 8.00. The van der Waals surface area contributed by atoms with Gasteiger partial charge in [0, 0.05) is 29.0 Å². The lowest BCUT2D eigenvalue weighted by atomic mass is 10.2. The van der Waals surface area contributed by atoms with Gasteiger partial charge in [-0.25, -0.2) is 0 Å². The minimum absolute atomic E-state index is 0.0471. The number of methoxy groups -OCH3 is 1. The van der Waals surface area contributed by atoms with Gasteiger partial charge in [0.2, 0.25) is 17.6 Å². The summed E-state index contributed by atoms with van der Waals surface area (Å²) in [7, 11) is 3.36. The van der Waals surface area contributed by atoms with E-state index in [9.17, 15) is 4.79 Å². The smallest absolute Gasteiger partial charge is 0.246 e. The van der Waals surface area contributed by atoms with Crippen LogP contribution in [0.5, 0.6) is 5.75 Å². The van der Waals surface area contributed by atoms with Crippen LogP contribution in [-0.4, -0.2) is 40.9 Å². The molecule has 8 heteroatoms. The van der Waals surface area contributed by atoms with Crippen LogP contribution in [0.3, 0.4) is 0 Å². The number of rotatable bonds is 9. The topological polar surface area (TPSA) is 68.5 Å². The van der Waals surface area contributed by atoms with Crippen LogP contribution < -0.4 is 4.74 Å². The largest absolute Gasteiger partial charge is 0.497 e. The van der Waals surface area contributed by atoms with E-state index in [0.29, 0.717) is 18.1 Å². The van der Waals surface area contributed by atoms with E-state index in [0.717, 1.165) is 33.4 Å². The molecule has 1 amide bonds. The van der Waals surface area contributed by atoms with Crippen LogP contribution in [0.1, 0.15) is 18.7 Å². The summed E-state index contributed by atoms with van der Waals surface area (Å²) in [5, 5.41) is 4.72. The molecule has 0 spiro atoms. The highest BCUT2D eigenvalue weighted by atomic mass is 35.5. The van der Waals surface area contributed by atoms with Gasteiger partial charge in [-0.1, -0.05) is 16.8 Å². The Bertz CT molecular complexity index is 929. The molecule has 29 heavy (non-hydrogen) atoms. The summed E-state index contributed by atoms with van der Waals surface area (Å²) in [6.45, 7) is 0.284. The number of carbonyl (C=O) groups is 1. The van der Waals surface area contributed by atoms with E-state index in [1.54, 1.807) is 30.8 Å². The molecular formula is C21H22ClN3O3S. The molecule has 152 valence electrons. The molecule has 0 atom stereocenters. The Morgan fingerprint density at radius 1 is 1.17 bits per heavy atom. The monoisotopic (exact) mass is 431 g/mol. The van der Waals surface area contributed by atoms with Gasteiger partial charge in [-0.3, -0.25) is 4.79 Å². The third-order valence-electron chi connectivity index (χ3n) is 4.23. The van der Waals surface area contributed by atoms with Crippen LogP contribution in [0.25, 0.3) is 11.4 Å². The van der Waals surface area contributed by atoms with E-state index < -0.39 is 0 Å². The molecule has 0 bridgehead atoms. The number of ether oxygens (including phenoxy) is 1. The van der Waals surface area contributed by atoms with Crippen LogP contribution >= 0.6 is 23.4 Å². The summed E-state index contributed by atoms with van der Waals surface area (Å²) in [5.41, 5.74) is 0.828. The van der Waals surface area contributed by atoms with E-state index in [1.807, 2.05) is 48.5 Å². The maximum absolute atomic E-state index is 12.3.